The molecule has 11 aromatic rings. The van der Waals surface area contributed by atoms with Crippen LogP contribution in [0.2, 0.25) is 0 Å². The van der Waals surface area contributed by atoms with Crippen molar-refractivity contribution in [2.24, 2.45) is 0 Å². The third kappa shape index (κ3) is 3.57. The zero-order valence-electron chi connectivity index (χ0n) is 27.4. The van der Waals surface area contributed by atoms with E-state index in [2.05, 4.69) is 168 Å². The van der Waals surface area contributed by atoms with Gasteiger partial charge in [-0.15, -0.1) is 0 Å². The van der Waals surface area contributed by atoms with Gasteiger partial charge in [0.1, 0.15) is 5.69 Å². The van der Waals surface area contributed by atoms with Crippen molar-refractivity contribution in [1.82, 2.24) is 14.5 Å². The van der Waals surface area contributed by atoms with E-state index in [0.29, 0.717) is 0 Å². The smallest absolute Gasteiger partial charge is 0.165 e. The van der Waals surface area contributed by atoms with Crippen LogP contribution in [0.15, 0.2) is 164 Å². The molecule has 12 rings (SSSR count). The summed E-state index contributed by atoms with van der Waals surface area (Å²) in [6, 6.07) is 59.3. The molecule has 0 radical (unpaired) electrons. The highest BCUT2D eigenvalue weighted by atomic mass is 15.1. The summed E-state index contributed by atoms with van der Waals surface area (Å²) in [4.78, 5) is 11.2. The molecule has 0 bridgehead atoms. The van der Waals surface area contributed by atoms with Gasteiger partial charge in [-0.3, -0.25) is 4.57 Å². The standard InChI is InChI=1S/C48H27N3/c1-2-13-30-27-31(24-23-28(30)11-1)45-48(49-40-26-25-29-12-3-4-14-32(29)46(40)50-45)51-41-22-10-21-38-34-16-6-5-15-33(34)36-19-9-20-37-35-17-7-8-18-39(35)47(51)44(42(36)37)43(38)41/h1-27H. The molecule has 0 amide bonds. The van der Waals surface area contributed by atoms with E-state index in [-0.39, 0.29) is 0 Å². The van der Waals surface area contributed by atoms with E-state index in [4.69, 9.17) is 9.97 Å². The number of nitrogens with zero attached hydrogens (tertiary/aromatic N) is 3. The van der Waals surface area contributed by atoms with Gasteiger partial charge in [-0.25, -0.2) is 9.97 Å². The molecule has 0 N–H and O–H groups in total. The fourth-order valence-electron chi connectivity index (χ4n) is 8.90. The van der Waals surface area contributed by atoms with Gasteiger partial charge in [0, 0.05) is 32.5 Å². The molecule has 0 fully saturated rings. The molecular formula is C48H27N3. The lowest BCUT2D eigenvalue weighted by Gasteiger charge is -2.18. The van der Waals surface area contributed by atoms with Crippen LogP contribution < -0.4 is 0 Å². The van der Waals surface area contributed by atoms with Gasteiger partial charge in [0.15, 0.2) is 5.82 Å². The van der Waals surface area contributed by atoms with Gasteiger partial charge >= 0.3 is 0 Å². The zero-order valence-corrected chi connectivity index (χ0v) is 27.4. The molecule has 3 heteroatoms. The molecule has 1 aliphatic carbocycles. The Bertz CT molecular complexity index is 3310. The molecule has 1 aliphatic rings. The van der Waals surface area contributed by atoms with Crippen molar-refractivity contribution in [2.75, 3.05) is 0 Å². The van der Waals surface area contributed by atoms with E-state index in [1.807, 2.05) is 0 Å². The lowest BCUT2D eigenvalue weighted by atomic mass is 9.91. The van der Waals surface area contributed by atoms with Crippen molar-refractivity contribution in [2.45, 2.75) is 0 Å². The minimum Gasteiger partial charge on any atom is -0.291 e. The van der Waals surface area contributed by atoms with Crippen LogP contribution in [0.1, 0.15) is 0 Å². The number of fused-ring (bicyclic) bond motifs is 10. The topological polar surface area (TPSA) is 30.7 Å². The monoisotopic (exact) mass is 645 g/mol. The summed E-state index contributed by atoms with van der Waals surface area (Å²) >= 11 is 0. The SMILES string of the molecule is c1ccc2c(c1)-c1cccc3c4ccccc4c4c(c13)c1c-2cccc1n4-c1nc2ccc3ccccc3c2nc1-c1ccc2ccccc2c1. The van der Waals surface area contributed by atoms with Gasteiger partial charge < -0.3 is 0 Å². The van der Waals surface area contributed by atoms with E-state index < -0.39 is 0 Å². The zero-order chi connectivity index (χ0) is 33.2. The maximum absolute atomic E-state index is 5.63. The summed E-state index contributed by atoms with van der Waals surface area (Å²) in [5.74, 6) is 0.834. The molecule has 9 aromatic carbocycles. The van der Waals surface area contributed by atoms with Crippen LogP contribution in [0, 0.1) is 0 Å². The first-order valence-electron chi connectivity index (χ1n) is 17.5. The molecule has 0 unspecified atom stereocenters. The van der Waals surface area contributed by atoms with Crippen LogP contribution in [0.3, 0.4) is 0 Å². The van der Waals surface area contributed by atoms with Crippen molar-refractivity contribution < 1.29 is 0 Å². The fourth-order valence-corrected chi connectivity index (χ4v) is 8.90. The molecule has 0 saturated carbocycles. The average Bonchev–Trinajstić information content (AvgIpc) is 3.49. The minimum absolute atomic E-state index is 0.834. The van der Waals surface area contributed by atoms with Crippen molar-refractivity contribution in [3.63, 3.8) is 0 Å². The normalized spacial score (nSPS) is 12.3. The quantitative estimate of drug-likeness (QED) is 0.175. The number of hydrogen-bond donors (Lipinski definition) is 0. The van der Waals surface area contributed by atoms with E-state index >= 15 is 0 Å². The van der Waals surface area contributed by atoms with Crippen LogP contribution in [0.5, 0.6) is 0 Å². The van der Waals surface area contributed by atoms with Crippen LogP contribution in [0.4, 0.5) is 0 Å². The Kier molecular flexibility index (Phi) is 5.23. The maximum Gasteiger partial charge on any atom is 0.165 e. The van der Waals surface area contributed by atoms with Crippen molar-refractivity contribution in [3.05, 3.63) is 164 Å². The summed E-state index contributed by atoms with van der Waals surface area (Å²) < 4.78 is 2.42. The largest absolute Gasteiger partial charge is 0.291 e. The lowest BCUT2D eigenvalue weighted by Crippen LogP contribution is -2.04. The first kappa shape index (κ1) is 27.0. The molecule has 0 aliphatic heterocycles. The Morgan fingerprint density at radius 1 is 0.392 bits per heavy atom. The first-order valence-corrected chi connectivity index (χ1v) is 17.5. The van der Waals surface area contributed by atoms with Crippen LogP contribution in [-0.2, 0) is 0 Å². The maximum atomic E-state index is 5.63. The Morgan fingerprint density at radius 3 is 1.86 bits per heavy atom. The Morgan fingerprint density at radius 2 is 1.02 bits per heavy atom. The molecule has 234 valence electrons. The van der Waals surface area contributed by atoms with Crippen molar-refractivity contribution in [3.8, 4) is 39.3 Å². The predicted octanol–water partition coefficient (Wildman–Crippen LogP) is 12.7. The highest BCUT2D eigenvalue weighted by molar-refractivity contribution is 6.37. The summed E-state index contributed by atoms with van der Waals surface area (Å²) in [5, 5.41) is 12.2. The summed E-state index contributed by atoms with van der Waals surface area (Å²) in [5.41, 5.74) is 11.0. The second-order valence-electron chi connectivity index (χ2n) is 13.7. The highest BCUT2D eigenvalue weighted by Crippen LogP contribution is 2.52. The van der Waals surface area contributed by atoms with Crippen LogP contribution in [-0.4, -0.2) is 14.5 Å². The van der Waals surface area contributed by atoms with Crippen molar-refractivity contribution in [1.29, 1.82) is 0 Å². The van der Waals surface area contributed by atoms with Crippen LogP contribution in [0.25, 0.3) is 115 Å². The number of hydrogen-bond acceptors (Lipinski definition) is 2. The molecule has 0 atom stereocenters. The summed E-state index contributed by atoms with van der Waals surface area (Å²) in [6.45, 7) is 0. The van der Waals surface area contributed by atoms with E-state index in [0.717, 1.165) is 49.9 Å². The van der Waals surface area contributed by atoms with Gasteiger partial charge in [0.05, 0.1) is 22.1 Å². The van der Waals surface area contributed by atoms with Gasteiger partial charge in [-0.1, -0.05) is 146 Å². The number of aromatic nitrogens is 3. The highest BCUT2D eigenvalue weighted by Gasteiger charge is 2.28. The van der Waals surface area contributed by atoms with E-state index in [1.54, 1.807) is 0 Å². The van der Waals surface area contributed by atoms with Crippen molar-refractivity contribution >= 4 is 75.9 Å². The molecule has 51 heavy (non-hydrogen) atoms. The van der Waals surface area contributed by atoms with E-state index in [1.165, 1.54) is 65.3 Å². The first-order chi connectivity index (χ1) is 25.3. The fraction of sp³-hybridized carbons (Fsp3) is 0. The summed E-state index contributed by atoms with van der Waals surface area (Å²) in [6.07, 6.45) is 0. The van der Waals surface area contributed by atoms with Crippen LogP contribution >= 0.6 is 0 Å². The van der Waals surface area contributed by atoms with Gasteiger partial charge in [0.25, 0.3) is 0 Å². The molecule has 3 nitrogen and oxygen atoms in total. The minimum atomic E-state index is 0.834. The Hall–Kier alpha value is -6.84. The molecule has 0 saturated heterocycles. The average molecular weight is 646 g/mol. The third-order valence-electron chi connectivity index (χ3n) is 11.1. The van der Waals surface area contributed by atoms with E-state index in [9.17, 15) is 0 Å². The van der Waals surface area contributed by atoms with Gasteiger partial charge in [0.2, 0.25) is 0 Å². The molecular weight excluding hydrogens is 619 g/mol. The summed E-state index contributed by atoms with van der Waals surface area (Å²) in [7, 11) is 0. The number of rotatable bonds is 2. The molecule has 2 aromatic heterocycles. The van der Waals surface area contributed by atoms with Gasteiger partial charge in [-0.05, 0) is 67.4 Å². The Labute approximate surface area is 292 Å². The molecule has 2 heterocycles. The predicted molar refractivity (Wildman–Crippen MR) is 214 cm³/mol. The second kappa shape index (κ2) is 9.87. The lowest BCUT2D eigenvalue weighted by molar-refractivity contribution is 1.08. The van der Waals surface area contributed by atoms with Gasteiger partial charge in [-0.2, -0.15) is 0 Å². The third-order valence-corrected chi connectivity index (χ3v) is 11.1. The number of benzene rings is 9. The Balaban J connectivity index is 1.34. The molecule has 0 spiro atoms. The second-order valence-corrected chi connectivity index (χ2v) is 13.7.